The minimum Gasteiger partial charge on any atom is -0.310 e. The van der Waals surface area contributed by atoms with Gasteiger partial charge in [0.25, 0.3) is 0 Å². The van der Waals surface area contributed by atoms with E-state index in [1.54, 1.807) is 0 Å². The van der Waals surface area contributed by atoms with Crippen molar-refractivity contribution in [1.29, 1.82) is 0 Å². The minimum absolute atomic E-state index is 0.239. The quantitative estimate of drug-likeness (QED) is 0.167. The predicted molar refractivity (Wildman–Crippen MR) is 246 cm³/mol. The second-order valence-electron chi connectivity index (χ2n) is 16.9. The molecule has 0 aliphatic heterocycles. The molecule has 0 saturated carbocycles. The molecule has 0 heterocycles. The van der Waals surface area contributed by atoms with Crippen LogP contribution in [0.4, 0.5) is 34.1 Å². The van der Waals surface area contributed by atoms with E-state index in [-0.39, 0.29) is 10.8 Å². The highest BCUT2D eigenvalue weighted by molar-refractivity contribution is 6.13. The molecule has 2 aliphatic carbocycles. The number of fused-ring (bicyclic) bond motifs is 10. The molecule has 58 heavy (non-hydrogen) atoms. The molecule has 0 aromatic heterocycles. The van der Waals surface area contributed by atoms with E-state index in [1.807, 2.05) is 0 Å². The molecule has 0 radical (unpaired) electrons. The first-order chi connectivity index (χ1) is 28.3. The van der Waals surface area contributed by atoms with Gasteiger partial charge in [0.2, 0.25) is 0 Å². The lowest BCUT2D eigenvalue weighted by Crippen LogP contribution is -2.18. The molecule has 0 N–H and O–H groups in total. The second kappa shape index (κ2) is 12.8. The second-order valence-corrected chi connectivity index (χ2v) is 16.9. The van der Waals surface area contributed by atoms with Gasteiger partial charge in [-0.2, -0.15) is 0 Å². The molecule has 2 heteroatoms. The Hall–Kier alpha value is -6.90. The van der Waals surface area contributed by atoms with Crippen LogP contribution in [0.3, 0.4) is 0 Å². The number of nitrogens with zero attached hydrogens (tertiary/aromatic N) is 2. The highest BCUT2D eigenvalue weighted by Crippen LogP contribution is 2.60. The van der Waals surface area contributed by atoms with Crippen LogP contribution in [0.2, 0.25) is 0 Å². The molecule has 278 valence electrons. The summed E-state index contributed by atoms with van der Waals surface area (Å²) in [5.74, 6) is 0. The van der Waals surface area contributed by atoms with Crippen LogP contribution >= 0.6 is 0 Å². The van der Waals surface area contributed by atoms with Gasteiger partial charge in [0, 0.05) is 44.4 Å². The molecule has 11 rings (SSSR count). The molecule has 9 aromatic carbocycles. The van der Waals surface area contributed by atoms with Crippen LogP contribution in [-0.2, 0) is 10.8 Å². The van der Waals surface area contributed by atoms with Gasteiger partial charge in [0.15, 0.2) is 0 Å². The number of rotatable bonds is 6. The third-order valence-corrected chi connectivity index (χ3v) is 13.0. The Morgan fingerprint density at radius 2 is 0.569 bits per heavy atom. The maximum absolute atomic E-state index is 2.57. The van der Waals surface area contributed by atoms with Crippen molar-refractivity contribution in [3.05, 3.63) is 216 Å². The summed E-state index contributed by atoms with van der Waals surface area (Å²) in [5, 5.41) is 5.08. The van der Waals surface area contributed by atoms with Crippen LogP contribution in [0, 0.1) is 0 Å². The SMILES string of the molecule is CC1(C)c2cc3c(cc2-c2c1cc(N(c1ccccc1)c1ccccc1)c1ccccc21)C(C)(C)c1cc(N(c2ccccc2)c2ccccc2)c2ccccc2c1-3. The summed E-state index contributed by atoms with van der Waals surface area (Å²) >= 11 is 0. The molecule has 0 atom stereocenters. The molecule has 0 saturated heterocycles. The van der Waals surface area contributed by atoms with Gasteiger partial charge in [0.05, 0.1) is 11.4 Å². The summed E-state index contributed by atoms with van der Waals surface area (Å²) < 4.78 is 0. The topological polar surface area (TPSA) is 6.48 Å². The molecule has 0 spiro atoms. The van der Waals surface area contributed by atoms with Crippen molar-refractivity contribution >= 4 is 55.7 Å². The Morgan fingerprint density at radius 3 is 0.879 bits per heavy atom. The Morgan fingerprint density at radius 1 is 0.293 bits per heavy atom. The first kappa shape index (κ1) is 34.4. The Bertz CT molecular complexity index is 2750. The fraction of sp³-hybridized carbons (Fsp3) is 0.107. The monoisotopic (exact) mass is 744 g/mol. The normalized spacial score (nSPS) is 14.1. The first-order valence-corrected chi connectivity index (χ1v) is 20.4. The molecule has 0 amide bonds. The molecule has 2 aliphatic rings. The number of para-hydroxylation sites is 4. The van der Waals surface area contributed by atoms with Crippen molar-refractivity contribution in [2.75, 3.05) is 9.80 Å². The van der Waals surface area contributed by atoms with E-state index in [2.05, 4.69) is 232 Å². The summed E-state index contributed by atoms with van der Waals surface area (Å²) in [4.78, 5) is 4.86. The van der Waals surface area contributed by atoms with E-state index < -0.39 is 0 Å². The summed E-state index contributed by atoms with van der Waals surface area (Å²) in [6.45, 7) is 9.71. The van der Waals surface area contributed by atoms with E-state index in [4.69, 9.17) is 0 Å². The zero-order chi connectivity index (χ0) is 39.2. The van der Waals surface area contributed by atoms with E-state index in [0.717, 1.165) is 22.7 Å². The summed E-state index contributed by atoms with van der Waals surface area (Å²) in [7, 11) is 0. The largest absolute Gasteiger partial charge is 0.310 e. The minimum atomic E-state index is -0.239. The lowest BCUT2D eigenvalue weighted by Gasteiger charge is -2.30. The average Bonchev–Trinajstić information content (AvgIpc) is 3.63. The van der Waals surface area contributed by atoms with Gasteiger partial charge >= 0.3 is 0 Å². The van der Waals surface area contributed by atoms with Crippen LogP contribution in [0.5, 0.6) is 0 Å². The third-order valence-electron chi connectivity index (χ3n) is 13.0. The summed E-state index contributed by atoms with van der Waals surface area (Å²) in [5.41, 5.74) is 17.5. The zero-order valence-corrected chi connectivity index (χ0v) is 33.4. The zero-order valence-electron chi connectivity index (χ0n) is 33.4. The number of anilines is 6. The van der Waals surface area contributed by atoms with Gasteiger partial charge < -0.3 is 9.80 Å². The van der Waals surface area contributed by atoms with Crippen LogP contribution in [0.25, 0.3) is 43.8 Å². The lowest BCUT2D eigenvalue weighted by atomic mass is 9.79. The highest BCUT2D eigenvalue weighted by Gasteiger charge is 2.44. The van der Waals surface area contributed by atoms with Gasteiger partial charge in [-0.1, -0.05) is 149 Å². The lowest BCUT2D eigenvalue weighted by molar-refractivity contribution is 0.652. The van der Waals surface area contributed by atoms with Crippen molar-refractivity contribution in [2.24, 2.45) is 0 Å². The van der Waals surface area contributed by atoms with Crippen LogP contribution in [0.1, 0.15) is 49.9 Å². The van der Waals surface area contributed by atoms with E-state index in [9.17, 15) is 0 Å². The Balaban J connectivity index is 1.15. The standard InChI is InChI=1S/C56H44N2/c1-55(2)47-33-46-48(34-45(47)53-43-31-19-17-29-41(43)51(35-49(53)55)57(37-21-9-5-10-22-37)38-23-11-6-12-24-38)56(3,4)50-36-52(42-30-18-20-32-44(42)54(46)50)58(39-25-13-7-14-26-39)40-27-15-8-16-28-40/h5-36H,1-4H3. The summed E-state index contributed by atoms with van der Waals surface area (Å²) in [6.07, 6.45) is 0. The van der Waals surface area contributed by atoms with Crippen LogP contribution < -0.4 is 9.80 Å². The fourth-order valence-corrected chi connectivity index (χ4v) is 10.1. The smallest absolute Gasteiger partial charge is 0.0543 e. The van der Waals surface area contributed by atoms with Gasteiger partial charge in [-0.15, -0.1) is 0 Å². The van der Waals surface area contributed by atoms with E-state index in [1.165, 1.54) is 77.4 Å². The maximum atomic E-state index is 2.57. The molecular weight excluding hydrogens is 701 g/mol. The van der Waals surface area contributed by atoms with Gasteiger partial charge in [-0.3, -0.25) is 0 Å². The number of benzene rings is 9. The Kier molecular flexibility index (Phi) is 7.59. The first-order valence-electron chi connectivity index (χ1n) is 20.4. The van der Waals surface area contributed by atoms with Crippen molar-refractivity contribution in [1.82, 2.24) is 0 Å². The van der Waals surface area contributed by atoms with Crippen molar-refractivity contribution in [3.63, 3.8) is 0 Å². The average molecular weight is 745 g/mol. The molecule has 0 fully saturated rings. The van der Waals surface area contributed by atoms with Crippen LogP contribution in [-0.4, -0.2) is 0 Å². The molecular formula is C56H44N2. The predicted octanol–water partition coefficient (Wildman–Crippen LogP) is 15.5. The number of hydrogen-bond donors (Lipinski definition) is 0. The van der Waals surface area contributed by atoms with Crippen molar-refractivity contribution in [2.45, 2.75) is 38.5 Å². The molecule has 2 nitrogen and oxygen atoms in total. The Labute approximate surface area is 341 Å². The van der Waals surface area contributed by atoms with Gasteiger partial charge in [-0.25, -0.2) is 0 Å². The van der Waals surface area contributed by atoms with E-state index in [0.29, 0.717) is 0 Å². The van der Waals surface area contributed by atoms with Crippen molar-refractivity contribution < 1.29 is 0 Å². The molecule has 9 aromatic rings. The highest BCUT2D eigenvalue weighted by atomic mass is 15.1. The molecule has 0 unspecified atom stereocenters. The maximum Gasteiger partial charge on any atom is 0.0543 e. The third kappa shape index (κ3) is 4.98. The van der Waals surface area contributed by atoms with Gasteiger partial charge in [0.1, 0.15) is 0 Å². The van der Waals surface area contributed by atoms with Crippen LogP contribution in [0.15, 0.2) is 194 Å². The van der Waals surface area contributed by atoms with Gasteiger partial charge in [-0.05, 0) is 128 Å². The fourth-order valence-electron chi connectivity index (χ4n) is 10.1. The summed E-state index contributed by atoms with van der Waals surface area (Å²) in [6, 6.07) is 71.4. The molecule has 0 bridgehead atoms. The van der Waals surface area contributed by atoms with Crippen molar-refractivity contribution in [3.8, 4) is 22.3 Å². The number of hydrogen-bond acceptors (Lipinski definition) is 2. The van der Waals surface area contributed by atoms with E-state index >= 15 is 0 Å².